The largest absolute Gasteiger partial charge is 0.416 e. The van der Waals surface area contributed by atoms with Gasteiger partial charge in [-0.05, 0) is 31.5 Å². The number of nitrogens with zero attached hydrogens (tertiary/aromatic N) is 5. The number of carbonyl (C=O) groups excluding carboxylic acids is 1. The third-order valence-electron chi connectivity index (χ3n) is 4.37. The van der Waals surface area contributed by atoms with Crippen LogP contribution in [-0.2, 0) is 30.6 Å². The van der Waals surface area contributed by atoms with Gasteiger partial charge in [-0.25, -0.2) is 9.07 Å². The summed E-state index contributed by atoms with van der Waals surface area (Å²) in [5.74, 6) is -1.00. The van der Waals surface area contributed by atoms with Gasteiger partial charge in [-0.2, -0.15) is 17.6 Å². The number of nitrogens with one attached hydrogen (secondary N) is 1. The number of rotatable bonds is 8. The molecule has 3 heterocycles. The Hall–Kier alpha value is -3.84. The zero-order chi connectivity index (χ0) is 25.3. The average Bonchev–Trinajstić information content (AvgIpc) is 3.20. The smallest absolute Gasteiger partial charge is 0.396 e. The second-order valence-electron chi connectivity index (χ2n) is 7.08. The average molecular weight is 487 g/mol. The lowest BCUT2D eigenvalue weighted by molar-refractivity contribution is -0.137. The molecule has 0 bridgehead atoms. The first-order valence-corrected chi connectivity index (χ1v) is 9.85. The highest BCUT2D eigenvalue weighted by Gasteiger charge is 2.30. The van der Waals surface area contributed by atoms with Gasteiger partial charge < -0.3 is 15.6 Å². The molecule has 0 spiro atoms. The minimum atomic E-state index is -4.38. The van der Waals surface area contributed by atoms with Crippen molar-refractivity contribution in [2.24, 2.45) is 0 Å². The summed E-state index contributed by atoms with van der Waals surface area (Å²) in [6.07, 6.45) is -1.06. The molecule has 14 heteroatoms. The fraction of sp³-hybridized carbons (Fsp3) is 0.350. The van der Waals surface area contributed by atoms with Crippen molar-refractivity contribution in [2.45, 2.75) is 45.3 Å². The number of alkyl halides is 4. The minimum absolute atomic E-state index is 0.00653. The number of carbonyl (C=O) groups is 1. The fourth-order valence-electron chi connectivity index (χ4n) is 2.69. The van der Waals surface area contributed by atoms with Gasteiger partial charge in [-0.1, -0.05) is 5.21 Å². The Morgan fingerprint density at radius 2 is 2.03 bits per heavy atom. The number of nitrogen functional groups attached to an aromatic ring is 1. The molecule has 184 valence electrons. The Morgan fingerprint density at radius 3 is 2.65 bits per heavy atom. The lowest BCUT2D eigenvalue weighted by Gasteiger charge is -2.10. The van der Waals surface area contributed by atoms with E-state index in [1.54, 1.807) is 13.1 Å². The number of aromatic nitrogens is 5. The highest BCUT2D eigenvalue weighted by Crippen LogP contribution is 2.28. The molecule has 0 saturated heterocycles. The number of pyridine rings is 2. The van der Waals surface area contributed by atoms with Crippen LogP contribution in [0.2, 0.25) is 0 Å². The number of aryl methyl sites for hydroxylation is 2. The predicted molar refractivity (Wildman–Crippen MR) is 111 cm³/mol. The van der Waals surface area contributed by atoms with E-state index >= 15 is 0 Å². The van der Waals surface area contributed by atoms with Gasteiger partial charge in [0.15, 0.2) is 0 Å². The van der Waals surface area contributed by atoms with Crippen LogP contribution in [0.25, 0.3) is 0 Å². The van der Waals surface area contributed by atoms with E-state index in [9.17, 15) is 31.5 Å². The third kappa shape index (κ3) is 7.94. The molecule has 3 aromatic rings. The summed E-state index contributed by atoms with van der Waals surface area (Å²) in [5, 5.41) is 9.72. The van der Waals surface area contributed by atoms with Crippen LogP contribution in [0.3, 0.4) is 0 Å². The van der Waals surface area contributed by atoms with E-state index in [4.69, 9.17) is 5.73 Å². The molecule has 0 aliphatic carbocycles. The number of hydrogen-bond donors (Lipinski definition) is 2. The molecule has 1 unspecified atom stereocenters. The molecule has 0 radical (unpaired) electrons. The standard InChI is InChI=1S/C12H15F2N5O.C8H7F3N2O/c1-8-6-19(17-16-8)7-9(13)2-4-18-5-3-10(15)11(14)12(18)20;9-8(10,11)6-1-2-13-7(3-6)4-12-5-14/h3,5-6,9H,2,4,7,15H2,1H3;1-3,5H,4H2,(H,12,14). The molecule has 0 aromatic carbocycles. The Morgan fingerprint density at radius 1 is 1.29 bits per heavy atom. The molecule has 3 aromatic heterocycles. The van der Waals surface area contributed by atoms with Crippen LogP contribution >= 0.6 is 0 Å². The van der Waals surface area contributed by atoms with Crippen molar-refractivity contribution in [2.75, 3.05) is 5.73 Å². The normalized spacial score (nSPS) is 11.9. The molecule has 3 N–H and O–H groups in total. The van der Waals surface area contributed by atoms with Crippen molar-refractivity contribution in [1.29, 1.82) is 0 Å². The van der Waals surface area contributed by atoms with Gasteiger partial charge in [-0.3, -0.25) is 14.6 Å². The van der Waals surface area contributed by atoms with Gasteiger partial charge >= 0.3 is 6.18 Å². The molecule has 1 amide bonds. The maximum Gasteiger partial charge on any atom is 0.416 e. The summed E-state index contributed by atoms with van der Waals surface area (Å²) in [5.41, 5.74) is 4.33. The van der Waals surface area contributed by atoms with E-state index in [0.29, 0.717) is 12.1 Å². The molecular formula is C20H22F5N7O2. The highest BCUT2D eigenvalue weighted by atomic mass is 19.4. The van der Waals surface area contributed by atoms with Gasteiger partial charge in [-0.15, -0.1) is 5.10 Å². The van der Waals surface area contributed by atoms with E-state index in [1.165, 1.54) is 16.9 Å². The first-order chi connectivity index (χ1) is 16.0. The zero-order valence-corrected chi connectivity index (χ0v) is 18.0. The van der Waals surface area contributed by atoms with E-state index < -0.39 is 29.3 Å². The van der Waals surface area contributed by atoms with Crippen molar-refractivity contribution in [3.63, 3.8) is 0 Å². The van der Waals surface area contributed by atoms with Crippen LogP contribution < -0.4 is 16.6 Å². The number of anilines is 1. The van der Waals surface area contributed by atoms with E-state index in [-0.39, 0.29) is 37.4 Å². The van der Waals surface area contributed by atoms with Crippen LogP contribution in [-0.4, -0.2) is 37.1 Å². The van der Waals surface area contributed by atoms with Crippen LogP contribution in [0, 0.1) is 12.7 Å². The Balaban J connectivity index is 0.000000257. The van der Waals surface area contributed by atoms with Crippen LogP contribution in [0.1, 0.15) is 23.4 Å². The van der Waals surface area contributed by atoms with Gasteiger partial charge in [0.1, 0.15) is 6.17 Å². The van der Waals surface area contributed by atoms with Gasteiger partial charge in [0.2, 0.25) is 12.2 Å². The van der Waals surface area contributed by atoms with E-state index in [1.807, 2.05) is 0 Å². The second-order valence-corrected chi connectivity index (χ2v) is 7.08. The van der Waals surface area contributed by atoms with Gasteiger partial charge in [0.25, 0.3) is 5.56 Å². The van der Waals surface area contributed by atoms with Crippen molar-refractivity contribution in [3.05, 3.63) is 69.9 Å². The quantitative estimate of drug-likeness (QED) is 0.372. The summed E-state index contributed by atoms with van der Waals surface area (Å²) >= 11 is 0. The number of halogens is 5. The van der Waals surface area contributed by atoms with Crippen LogP contribution in [0.5, 0.6) is 0 Å². The van der Waals surface area contributed by atoms with E-state index in [0.717, 1.165) is 22.9 Å². The first kappa shape index (κ1) is 26.4. The lowest BCUT2D eigenvalue weighted by atomic mass is 10.2. The molecule has 0 aliphatic heterocycles. The molecule has 34 heavy (non-hydrogen) atoms. The van der Waals surface area contributed by atoms with Crippen molar-refractivity contribution in [1.82, 2.24) is 29.9 Å². The lowest BCUT2D eigenvalue weighted by Crippen LogP contribution is -2.25. The van der Waals surface area contributed by atoms with Crippen molar-refractivity contribution >= 4 is 12.1 Å². The first-order valence-electron chi connectivity index (χ1n) is 9.85. The summed E-state index contributed by atoms with van der Waals surface area (Å²) in [7, 11) is 0. The summed E-state index contributed by atoms with van der Waals surface area (Å²) in [4.78, 5) is 25.1. The molecule has 3 rings (SSSR count). The summed E-state index contributed by atoms with van der Waals surface area (Å²) in [6, 6.07) is 3.06. The van der Waals surface area contributed by atoms with Gasteiger partial charge in [0, 0.05) is 25.1 Å². The fourth-order valence-corrected chi connectivity index (χ4v) is 2.69. The topological polar surface area (TPSA) is 121 Å². The Kier molecular flexibility index (Phi) is 9.21. The number of nitrogens with two attached hydrogens (primary N) is 1. The van der Waals surface area contributed by atoms with Crippen molar-refractivity contribution in [3.8, 4) is 0 Å². The molecule has 0 saturated carbocycles. The third-order valence-corrected chi connectivity index (χ3v) is 4.37. The molecule has 1 atom stereocenters. The minimum Gasteiger partial charge on any atom is -0.396 e. The van der Waals surface area contributed by atoms with E-state index in [2.05, 4.69) is 20.6 Å². The zero-order valence-electron chi connectivity index (χ0n) is 18.0. The second kappa shape index (κ2) is 11.9. The molecular weight excluding hydrogens is 465 g/mol. The highest BCUT2D eigenvalue weighted by molar-refractivity contribution is 5.46. The predicted octanol–water partition coefficient (Wildman–Crippen LogP) is 2.24. The number of hydrogen-bond acceptors (Lipinski definition) is 6. The van der Waals surface area contributed by atoms with Crippen LogP contribution in [0.4, 0.5) is 27.6 Å². The van der Waals surface area contributed by atoms with Gasteiger partial charge in [0.05, 0.1) is 35.7 Å². The molecule has 0 aliphatic rings. The Bertz CT molecular complexity index is 1150. The Labute approximate surface area is 190 Å². The summed E-state index contributed by atoms with van der Waals surface area (Å²) < 4.78 is 66.1. The SMILES string of the molecule is Cc1cn(CC(F)CCn2ccc(N)c(F)c2=O)nn1.O=CNCc1cc(C(F)(F)F)ccn1. The van der Waals surface area contributed by atoms with Crippen LogP contribution in [0.15, 0.2) is 41.6 Å². The maximum absolute atomic E-state index is 13.8. The maximum atomic E-state index is 13.8. The summed E-state index contributed by atoms with van der Waals surface area (Å²) in [6.45, 7) is 1.87. The molecule has 0 fully saturated rings. The number of amides is 1. The monoisotopic (exact) mass is 487 g/mol. The van der Waals surface area contributed by atoms with Crippen molar-refractivity contribution < 1.29 is 26.7 Å². The molecule has 9 nitrogen and oxygen atoms in total.